The van der Waals surface area contributed by atoms with E-state index in [0.717, 1.165) is 12.8 Å². The third kappa shape index (κ3) is 3.44. The van der Waals surface area contributed by atoms with Crippen LogP contribution in [-0.4, -0.2) is 22.6 Å². The molecule has 0 radical (unpaired) electrons. The molecule has 0 unspecified atom stereocenters. The van der Waals surface area contributed by atoms with Crippen molar-refractivity contribution in [2.75, 3.05) is 10.5 Å². The van der Waals surface area contributed by atoms with Gasteiger partial charge >= 0.3 is 0 Å². The quantitative estimate of drug-likeness (QED) is 0.822. The molecule has 0 spiro atoms. The third-order valence-corrected chi connectivity index (χ3v) is 5.02. The Labute approximate surface area is 106 Å². The summed E-state index contributed by atoms with van der Waals surface area (Å²) in [4.78, 5) is -0.218. The van der Waals surface area contributed by atoms with Crippen LogP contribution in [0.25, 0.3) is 0 Å². The Hall–Kier alpha value is -1.12. The number of sulfonamides is 2. The largest absolute Gasteiger partial charge is 0.282 e. The maximum atomic E-state index is 11.8. The number of anilines is 1. The Morgan fingerprint density at radius 1 is 1.17 bits per heavy atom. The smallest absolute Gasteiger partial charge is 0.240 e. The van der Waals surface area contributed by atoms with Crippen LogP contribution in [0.15, 0.2) is 29.2 Å². The van der Waals surface area contributed by atoms with Crippen LogP contribution in [0.2, 0.25) is 0 Å². The molecule has 0 bridgehead atoms. The first-order chi connectivity index (χ1) is 8.28. The van der Waals surface area contributed by atoms with Crippen molar-refractivity contribution in [1.82, 2.24) is 0 Å². The number of nitrogens with one attached hydrogen (secondary N) is 1. The molecular weight excluding hydrogens is 276 g/mol. The zero-order valence-corrected chi connectivity index (χ0v) is 11.2. The SMILES string of the molecule is NS(=O)(=O)c1ccccc1NS(=O)(=O)CC1CC1. The number of benzene rings is 1. The van der Waals surface area contributed by atoms with Gasteiger partial charge in [-0.2, -0.15) is 0 Å². The average Bonchev–Trinajstić information content (AvgIpc) is 2.99. The zero-order chi connectivity index (χ0) is 13.4. The molecule has 0 aromatic heterocycles. The van der Waals surface area contributed by atoms with E-state index in [4.69, 9.17) is 5.14 Å². The van der Waals surface area contributed by atoms with Gasteiger partial charge in [0.2, 0.25) is 20.0 Å². The first-order valence-corrected chi connectivity index (χ1v) is 8.60. The molecule has 6 nitrogen and oxygen atoms in total. The molecule has 18 heavy (non-hydrogen) atoms. The Balaban J connectivity index is 2.29. The maximum absolute atomic E-state index is 11.8. The highest BCUT2D eigenvalue weighted by molar-refractivity contribution is 7.93. The normalized spacial score (nSPS) is 16.5. The predicted octanol–water partition coefficient (Wildman–Crippen LogP) is 0.486. The van der Waals surface area contributed by atoms with Gasteiger partial charge < -0.3 is 0 Å². The highest BCUT2D eigenvalue weighted by Crippen LogP contribution is 2.31. The molecule has 0 amide bonds. The Kier molecular flexibility index (Phi) is 3.35. The summed E-state index contributed by atoms with van der Waals surface area (Å²) in [6.45, 7) is 0. The second-order valence-corrected chi connectivity index (χ2v) is 7.66. The van der Waals surface area contributed by atoms with Crippen LogP contribution < -0.4 is 9.86 Å². The predicted molar refractivity (Wildman–Crippen MR) is 67.9 cm³/mol. The van der Waals surface area contributed by atoms with Gasteiger partial charge in [-0.1, -0.05) is 12.1 Å². The molecule has 3 N–H and O–H groups in total. The van der Waals surface area contributed by atoms with Crippen molar-refractivity contribution < 1.29 is 16.8 Å². The van der Waals surface area contributed by atoms with E-state index >= 15 is 0 Å². The lowest BCUT2D eigenvalue weighted by atomic mass is 10.3. The first kappa shape index (κ1) is 13.3. The second-order valence-electron chi connectivity index (χ2n) is 4.37. The summed E-state index contributed by atoms with van der Waals surface area (Å²) in [5, 5.41) is 5.03. The molecule has 0 atom stereocenters. The summed E-state index contributed by atoms with van der Waals surface area (Å²) >= 11 is 0. The van der Waals surface area contributed by atoms with Crippen molar-refractivity contribution in [3.63, 3.8) is 0 Å². The Morgan fingerprint density at radius 3 is 2.33 bits per heavy atom. The molecule has 0 saturated heterocycles. The van der Waals surface area contributed by atoms with E-state index in [1.165, 1.54) is 18.2 Å². The minimum atomic E-state index is -3.95. The number of primary sulfonamides is 1. The van der Waals surface area contributed by atoms with E-state index in [9.17, 15) is 16.8 Å². The van der Waals surface area contributed by atoms with Gasteiger partial charge in [0.05, 0.1) is 11.4 Å². The molecule has 1 fully saturated rings. The zero-order valence-electron chi connectivity index (χ0n) is 9.53. The molecule has 0 heterocycles. The molecule has 8 heteroatoms. The van der Waals surface area contributed by atoms with E-state index in [0.29, 0.717) is 0 Å². The fraction of sp³-hybridized carbons (Fsp3) is 0.400. The standard InChI is InChI=1S/C10H14N2O4S2/c11-18(15,16)10-4-2-1-3-9(10)12-17(13,14)7-8-5-6-8/h1-4,8,12H,5-7H2,(H2,11,15,16). The van der Waals surface area contributed by atoms with Gasteiger partial charge in [0.25, 0.3) is 0 Å². The number of rotatable bonds is 5. The number of nitrogens with two attached hydrogens (primary N) is 1. The van der Waals surface area contributed by atoms with Crippen molar-refractivity contribution in [3.8, 4) is 0 Å². The van der Waals surface area contributed by atoms with Crippen LogP contribution in [0.1, 0.15) is 12.8 Å². The third-order valence-electron chi connectivity index (χ3n) is 2.61. The van der Waals surface area contributed by atoms with E-state index in [1.54, 1.807) is 6.07 Å². The molecule has 1 aliphatic rings. The minimum absolute atomic E-state index is 0.000602. The highest BCUT2D eigenvalue weighted by Gasteiger charge is 2.28. The van der Waals surface area contributed by atoms with Crippen LogP contribution in [0.3, 0.4) is 0 Å². The van der Waals surface area contributed by atoms with Crippen molar-refractivity contribution in [3.05, 3.63) is 24.3 Å². The summed E-state index contributed by atoms with van der Waals surface area (Å²) in [5.74, 6) is 0.204. The summed E-state index contributed by atoms with van der Waals surface area (Å²) in [7, 11) is -7.47. The molecule has 1 aromatic rings. The first-order valence-electron chi connectivity index (χ1n) is 5.40. The molecule has 100 valence electrons. The van der Waals surface area contributed by atoms with E-state index < -0.39 is 20.0 Å². The summed E-state index contributed by atoms with van der Waals surface area (Å²) in [6, 6.07) is 5.68. The topological polar surface area (TPSA) is 106 Å². The van der Waals surface area contributed by atoms with Crippen LogP contribution >= 0.6 is 0 Å². The van der Waals surface area contributed by atoms with Gasteiger partial charge in [0.1, 0.15) is 4.90 Å². The minimum Gasteiger partial charge on any atom is -0.282 e. The lowest BCUT2D eigenvalue weighted by Crippen LogP contribution is -2.21. The van der Waals surface area contributed by atoms with Crippen LogP contribution in [0.4, 0.5) is 5.69 Å². The molecule has 0 aliphatic heterocycles. The number of hydrogen-bond donors (Lipinski definition) is 2. The molecule has 1 aliphatic carbocycles. The van der Waals surface area contributed by atoms with Crippen molar-refractivity contribution in [2.45, 2.75) is 17.7 Å². The van der Waals surface area contributed by atoms with Gasteiger partial charge in [-0.3, -0.25) is 4.72 Å². The van der Waals surface area contributed by atoms with Crippen LogP contribution in [-0.2, 0) is 20.0 Å². The Bertz CT molecular complexity index is 648. The van der Waals surface area contributed by atoms with E-state index in [-0.39, 0.29) is 22.3 Å². The van der Waals surface area contributed by atoms with Crippen molar-refractivity contribution in [2.24, 2.45) is 11.1 Å². The maximum Gasteiger partial charge on any atom is 0.240 e. The van der Waals surface area contributed by atoms with Crippen LogP contribution in [0.5, 0.6) is 0 Å². The van der Waals surface area contributed by atoms with Crippen molar-refractivity contribution in [1.29, 1.82) is 0 Å². The van der Waals surface area contributed by atoms with Crippen molar-refractivity contribution >= 4 is 25.7 Å². The summed E-state index contributed by atoms with van der Waals surface area (Å²) in [6.07, 6.45) is 1.80. The summed E-state index contributed by atoms with van der Waals surface area (Å²) in [5.41, 5.74) is 0.000602. The van der Waals surface area contributed by atoms with Gasteiger partial charge in [-0.25, -0.2) is 22.0 Å². The fourth-order valence-electron chi connectivity index (χ4n) is 1.60. The summed E-state index contributed by atoms with van der Waals surface area (Å²) < 4.78 is 48.5. The second kappa shape index (κ2) is 4.52. The molecular formula is C10H14N2O4S2. The number of hydrogen-bond acceptors (Lipinski definition) is 4. The van der Waals surface area contributed by atoms with Gasteiger partial charge in [-0.05, 0) is 30.9 Å². The van der Waals surface area contributed by atoms with Gasteiger partial charge in [0, 0.05) is 0 Å². The van der Waals surface area contributed by atoms with Gasteiger partial charge in [-0.15, -0.1) is 0 Å². The fourth-order valence-corrected chi connectivity index (χ4v) is 3.91. The molecule has 1 aromatic carbocycles. The lowest BCUT2D eigenvalue weighted by Gasteiger charge is -2.10. The average molecular weight is 290 g/mol. The lowest BCUT2D eigenvalue weighted by molar-refractivity contribution is 0.597. The van der Waals surface area contributed by atoms with E-state index in [2.05, 4.69) is 4.72 Å². The molecule has 2 rings (SSSR count). The van der Waals surface area contributed by atoms with E-state index in [1.807, 2.05) is 0 Å². The Morgan fingerprint density at radius 2 is 1.78 bits per heavy atom. The number of para-hydroxylation sites is 1. The molecule has 1 saturated carbocycles. The van der Waals surface area contributed by atoms with Gasteiger partial charge in [0.15, 0.2) is 0 Å². The van der Waals surface area contributed by atoms with Crippen LogP contribution in [0, 0.1) is 5.92 Å². The monoisotopic (exact) mass is 290 g/mol. The highest BCUT2D eigenvalue weighted by atomic mass is 32.2.